The summed E-state index contributed by atoms with van der Waals surface area (Å²) >= 11 is 0. The van der Waals surface area contributed by atoms with Crippen molar-refractivity contribution in [3.8, 4) is 16.9 Å². The molecule has 0 aliphatic rings. The lowest BCUT2D eigenvalue weighted by atomic mass is 10.1. The third-order valence-electron chi connectivity index (χ3n) is 3.72. The molecule has 1 aromatic carbocycles. The summed E-state index contributed by atoms with van der Waals surface area (Å²) in [4.78, 5) is 23.0. The Labute approximate surface area is 138 Å². The van der Waals surface area contributed by atoms with Crippen molar-refractivity contribution >= 4 is 11.8 Å². The molecular formula is C17H17N5O2. The molecule has 0 bridgehead atoms. The van der Waals surface area contributed by atoms with Crippen LogP contribution in [0.2, 0.25) is 0 Å². The van der Waals surface area contributed by atoms with Crippen molar-refractivity contribution in [2.24, 2.45) is 12.8 Å². The Balaban J connectivity index is 2.21. The topological polar surface area (TPSA) is 94.9 Å². The predicted octanol–water partition coefficient (Wildman–Crippen LogP) is 2.04. The smallest absolute Gasteiger partial charge is 0.317 e. The van der Waals surface area contributed by atoms with Gasteiger partial charge in [-0.05, 0) is 25.1 Å². The Morgan fingerprint density at radius 3 is 2.50 bits per heavy atom. The Morgan fingerprint density at radius 1 is 1.17 bits per heavy atom. The van der Waals surface area contributed by atoms with E-state index in [4.69, 9.17) is 5.73 Å². The molecule has 2 aromatic heterocycles. The summed E-state index contributed by atoms with van der Waals surface area (Å²) in [6.45, 7) is 1.85. The second-order valence-electron chi connectivity index (χ2n) is 5.43. The van der Waals surface area contributed by atoms with Gasteiger partial charge in [0, 0.05) is 30.4 Å². The van der Waals surface area contributed by atoms with Gasteiger partial charge < -0.3 is 10.3 Å². The van der Waals surface area contributed by atoms with Crippen LogP contribution in [-0.4, -0.2) is 20.4 Å². The molecule has 3 rings (SSSR count). The van der Waals surface area contributed by atoms with Crippen LogP contribution in [-0.2, 0) is 7.05 Å². The minimum atomic E-state index is -0.665. The lowest BCUT2D eigenvalue weighted by molar-refractivity contribution is 0.259. The number of hydrogen-bond donors (Lipinski definition) is 2. The lowest BCUT2D eigenvalue weighted by Crippen LogP contribution is -2.21. The second kappa shape index (κ2) is 6.04. The number of anilines is 1. The number of urea groups is 1. The molecule has 0 aliphatic heterocycles. The van der Waals surface area contributed by atoms with Crippen LogP contribution in [0.3, 0.4) is 0 Å². The van der Waals surface area contributed by atoms with Crippen LogP contribution >= 0.6 is 0 Å². The first-order valence-corrected chi connectivity index (χ1v) is 7.36. The summed E-state index contributed by atoms with van der Waals surface area (Å²) in [5.74, 6) is 0.498. The van der Waals surface area contributed by atoms with E-state index in [0.717, 1.165) is 16.8 Å². The van der Waals surface area contributed by atoms with Crippen LogP contribution in [0.15, 0.2) is 53.5 Å². The first-order valence-electron chi connectivity index (χ1n) is 7.36. The maximum atomic E-state index is 11.6. The number of pyridine rings is 1. The normalized spacial score (nSPS) is 10.6. The zero-order valence-electron chi connectivity index (χ0n) is 13.4. The number of nitrogens with zero attached hydrogens (tertiary/aromatic N) is 3. The minimum Gasteiger partial charge on any atom is -0.351 e. The average Bonchev–Trinajstić information content (AvgIpc) is 2.87. The summed E-state index contributed by atoms with van der Waals surface area (Å²) in [6.07, 6.45) is 1.71. The van der Waals surface area contributed by atoms with Gasteiger partial charge in [-0.1, -0.05) is 18.2 Å². The van der Waals surface area contributed by atoms with Gasteiger partial charge in [0.2, 0.25) is 5.56 Å². The number of benzene rings is 1. The Morgan fingerprint density at radius 2 is 1.88 bits per heavy atom. The average molecular weight is 323 g/mol. The van der Waals surface area contributed by atoms with Crippen molar-refractivity contribution < 1.29 is 4.79 Å². The number of nitrogens with one attached hydrogen (secondary N) is 1. The molecule has 0 saturated carbocycles. The Bertz CT molecular complexity index is 957. The van der Waals surface area contributed by atoms with Gasteiger partial charge in [0.05, 0.1) is 11.4 Å². The van der Waals surface area contributed by atoms with Crippen molar-refractivity contribution in [1.82, 2.24) is 14.3 Å². The zero-order valence-corrected chi connectivity index (χ0v) is 13.4. The third-order valence-corrected chi connectivity index (χ3v) is 3.72. The molecule has 3 N–H and O–H groups in total. The third kappa shape index (κ3) is 2.79. The van der Waals surface area contributed by atoms with Crippen molar-refractivity contribution in [2.45, 2.75) is 6.92 Å². The summed E-state index contributed by atoms with van der Waals surface area (Å²) in [6, 6.07) is 11.9. The van der Waals surface area contributed by atoms with E-state index in [1.807, 2.05) is 37.3 Å². The van der Waals surface area contributed by atoms with E-state index in [1.54, 1.807) is 24.0 Å². The van der Waals surface area contributed by atoms with Gasteiger partial charge in [0.1, 0.15) is 5.82 Å². The van der Waals surface area contributed by atoms with Crippen LogP contribution in [0.4, 0.5) is 10.6 Å². The molecule has 0 radical (unpaired) electrons. The van der Waals surface area contributed by atoms with Gasteiger partial charge in [0.15, 0.2) is 0 Å². The summed E-state index contributed by atoms with van der Waals surface area (Å²) < 4.78 is 3.11. The van der Waals surface area contributed by atoms with Crippen LogP contribution in [0.5, 0.6) is 0 Å². The minimum absolute atomic E-state index is 0.102. The quantitative estimate of drug-likeness (QED) is 0.772. The number of nitrogens with two attached hydrogens (primary N) is 1. The first kappa shape index (κ1) is 15.5. The van der Waals surface area contributed by atoms with Gasteiger partial charge in [-0.25, -0.2) is 9.48 Å². The van der Waals surface area contributed by atoms with Gasteiger partial charge in [-0.15, -0.1) is 0 Å². The van der Waals surface area contributed by atoms with E-state index in [2.05, 4.69) is 10.4 Å². The summed E-state index contributed by atoms with van der Waals surface area (Å²) in [5, 5.41) is 7.23. The van der Waals surface area contributed by atoms with Gasteiger partial charge in [0.25, 0.3) is 0 Å². The molecule has 0 atom stereocenters. The first-order chi connectivity index (χ1) is 11.5. The van der Waals surface area contributed by atoms with Crippen LogP contribution < -0.4 is 16.6 Å². The van der Waals surface area contributed by atoms with Crippen molar-refractivity contribution in [3.05, 3.63) is 64.6 Å². The maximum Gasteiger partial charge on any atom is 0.317 e. The van der Waals surface area contributed by atoms with E-state index >= 15 is 0 Å². The molecule has 2 amide bonds. The highest BCUT2D eigenvalue weighted by Gasteiger charge is 2.18. The molecular weight excluding hydrogens is 306 g/mol. The number of aryl methyl sites for hydroxylation is 1. The monoisotopic (exact) mass is 323 g/mol. The molecule has 7 nitrogen and oxygen atoms in total. The predicted molar refractivity (Wildman–Crippen MR) is 92.2 cm³/mol. The lowest BCUT2D eigenvalue weighted by Gasteiger charge is -2.07. The van der Waals surface area contributed by atoms with Crippen molar-refractivity contribution in [2.75, 3.05) is 5.32 Å². The maximum absolute atomic E-state index is 11.6. The fraction of sp³-hybridized carbons (Fsp3) is 0.118. The molecule has 0 unspecified atom stereocenters. The van der Waals surface area contributed by atoms with Gasteiger partial charge in [-0.3, -0.25) is 10.1 Å². The molecule has 0 spiro atoms. The highest BCUT2D eigenvalue weighted by Crippen LogP contribution is 2.29. The van der Waals surface area contributed by atoms with Crippen molar-refractivity contribution in [1.29, 1.82) is 0 Å². The molecule has 24 heavy (non-hydrogen) atoms. The van der Waals surface area contributed by atoms with Gasteiger partial charge >= 0.3 is 6.03 Å². The fourth-order valence-electron chi connectivity index (χ4n) is 2.52. The number of amides is 2. The zero-order chi connectivity index (χ0) is 17.3. The van der Waals surface area contributed by atoms with E-state index in [9.17, 15) is 9.59 Å². The molecule has 0 aliphatic carbocycles. The summed E-state index contributed by atoms with van der Waals surface area (Å²) in [7, 11) is 1.68. The standard InChI is InChI=1S/C17H17N5O2/c1-11-15(12-8-9-14(23)21(2)10-12)20-22(16(11)19-17(18)24)13-6-4-3-5-7-13/h3-10H,1-2H3,(H3,18,19,24). The molecule has 122 valence electrons. The number of hydrogen-bond acceptors (Lipinski definition) is 3. The number of carbonyl (C=O) groups excluding carboxylic acids is 1. The number of primary amides is 1. The molecule has 7 heteroatoms. The molecule has 0 saturated heterocycles. The van der Waals surface area contributed by atoms with Crippen LogP contribution in [0.1, 0.15) is 5.56 Å². The fourth-order valence-corrected chi connectivity index (χ4v) is 2.52. The molecule has 0 fully saturated rings. The number of aromatic nitrogens is 3. The SMILES string of the molecule is Cc1c(-c2ccc(=O)n(C)c2)nn(-c2ccccc2)c1NC(N)=O. The molecule has 2 heterocycles. The number of para-hydroxylation sites is 1. The van der Waals surface area contributed by atoms with E-state index in [0.29, 0.717) is 11.5 Å². The summed E-state index contributed by atoms with van der Waals surface area (Å²) in [5.41, 5.74) is 8.19. The Hall–Kier alpha value is -3.35. The van der Waals surface area contributed by atoms with E-state index in [1.165, 1.54) is 10.6 Å². The molecule has 3 aromatic rings. The highest BCUT2D eigenvalue weighted by molar-refractivity contribution is 5.89. The number of carbonyl (C=O) groups is 1. The van der Waals surface area contributed by atoms with Crippen molar-refractivity contribution in [3.63, 3.8) is 0 Å². The highest BCUT2D eigenvalue weighted by atomic mass is 16.2. The largest absolute Gasteiger partial charge is 0.351 e. The van der Waals surface area contributed by atoms with Crippen LogP contribution in [0, 0.1) is 6.92 Å². The van der Waals surface area contributed by atoms with E-state index in [-0.39, 0.29) is 5.56 Å². The Kier molecular flexibility index (Phi) is 3.91. The number of rotatable bonds is 3. The second-order valence-corrected chi connectivity index (χ2v) is 5.43. The van der Waals surface area contributed by atoms with Gasteiger partial charge in [-0.2, -0.15) is 5.10 Å². The van der Waals surface area contributed by atoms with E-state index < -0.39 is 6.03 Å². The van der Waals surface area contributed by atoms with Crippen LogP contribution in [0.25, 0.3) is 16.9 Å².